The minimum atomic E-state index is 0.655. The molecular formula is C14H18N2. The van der Waals surface area contributed by atoms with Gasteiger partial charge in [-0.25, -0.2) is 0 Å². The number of para-hydroxylation sites is 1. The number of aromatic amines is 1. The van der Waals surface area contributed by atoms with Crippen molar-refractivity contribution < 1.29 is 0 Å². The Morgan fingerprint density at radius 3 is 3.00 bits per heavy atom. The van der Waals surface area contributed by atoms with Crippen LogP contribution >= 0.6 is 0 Å². The molecule has 2 heteroatoms. The quantitative estimate of drug-likeness (QED) is 0.790. The van der Waals surface area contributed by atoms with E-state index in [9.17, 15) is 0 Å². The van der Waals surface area contributed by atoms with Crippen LogP contribution in [0, 0.1) is 0 Å². The molecule has 84 valence electrons. The molecule has 1 aliphatic rings. The molecular weight excluding hydrogens is 196 g/mol. The molecule has 0 aliphatic heterocycles. The van der Waals surface area contributed by atoms with Crippen molar-refractivity contribution >= 4 is 10.9 Å². The molecule has 3 rings (SSSR count). The normalized spacial score (nSPS) is 23.9. The van der Waals surface area contributed by atoms with Crippen LogP contribution in [-0.2, 0) is 0 Å². The van der Waals surface area contributed by atoms with E-state index in [0.29, 0.717) is 11.8 Å². The number of nitrogens with one attached hydrogen (secondary N) is 2. The topological polar surface area (TPSA) is 27.8 Å². The highest BCUT2D eigenvalue weighted by molar-refractivity contribution is 5.86. The third-order valence-corrected chi connectivity index (χ3v) is 3.77. The lowest BCUT2D eigenvalue weighted by molar-refractivity contribution is 0.577. The smallest absolute Gasteiger partial charge is 0.0459 e. The first-order chi connectivity index (χ1) is 7.81. The Hall–Kier alpha value is -1.28. The molecule has 0 bridgehead atoms. The van der Waals surface area contributed by atoms with Crippen LogP contribution in [0.1, 0.15) is 36.4 Å². The molecule has 2 N–H and O–H groups in total. The minimum Gasteiger partial charge on any atom is -0.358 e. The Bertz CT molecular complexity index is 512. The molecule has 1 heterocycles. The maximum Gasteiger partial charge on any atom is 0.0459 e. The second-order valence-corrected chi connectivity index (χ2v) is 4.89. The van der Waals surface area contributed by atoms with Gasteiger partial charge in [0.25, 0.3) is 0 Å². The van der Waals surface area contributed by atoms with Gasteiger partial charge in [-0.1, -0.05) is 25.1 Å². The van der Waals surface area contributed by atoms with Gasteiger partial charge in [0.2, 0.25) is 0 Å². The van der Waals surface area contributed by atoms with Crippen molar-refractivity contribution in [2.75, 3.05) is 13.6 Å². The molecule has 2 atom stereocenters. The first kappa shape index (κ1) is 9.91. The van der Waals surface area contributed by atoms with Gasteiger partial charge in [-0.2, -0.15) is 0 Å². The van der Waals surface area contributed by atoms with Gasteiger partial charge in [0.1, 0.15) is 0 Å². The van der Waals surface area contributed by atoms with Gasteiger partial charge in [0.05, 0.1) is 0 Å². The summed E-state index contributed by atoms with van der Waals surface area (Å²) in [7, 11) is 2.03. The van der Waals surface area contributed by atoms with E-state index < -0.39 is 0 Å². The Morgan fingerprint density at radius 2 is 2.19 bits per heavy atom. The SMILES string of the molecule is CNCC1CC(C)c2c1[nH]c1ccccc21. The fraction of sp³-hybridized carbons (Fsp3) is 0.429. The molecule has 0 radical (unpaired) electrons. The number of aromatic nitrogens is 1. The predicted molar refractivity (Wildman–Crippen MR) is 68.0 cm³/mol. The standard InChI is InChI=1S/C14H18N2/c1-9-7-10(8-15-2)14-13(9)11-5-3-4-6-12(11)16-14/h3-6,9-10,15-16H,7-8H2,1-2H3. The molecule has 2 nitrogen and oxygen atoms in total. The maximum atomic E-state index is 3.60. The minimum absolute atomic E-state index is 0.655. The molecule has 2 unspecified atom stereocenters. The van der Waals surface area contributed by atoms with Crippen molar-refractivity contribution in [1.29, 1.82) is 0 Å². The number of hydrogen-bond donors (Lipinski definition) is 2. The molecule has 1 aromatic carbocycles. The van der Waals surface area contributed by atoms with Crippen molar-refractivity contribution in [3.63, 3.8) is 0 Å². The second kappa shape index (κ2) is 3.63. The molecule has 0 saturated carbocycles. The van der Waals surface area contributed by atoms with Gasteiger partial charge in [0.15, 0.2) is 0 Å². The van der Waals surface area contributed by atoms with Gasteiger partial charge < -0.3 is 10.3 Å². The Kier molecular flexibility index (Phi) is 2.25. The Morgan fingerprint density at radius 1 is 1.38 bits per heavy atom. The van der Waals surface area contributed by atoms with Crippen LogP contribution in [0.3, 0.4) is 0 Å². The summed E-state index contributed by atoms with van der Waals surface area (Å²) >= 11 is 0. The summed E-state index contributed by atoms with van der Waals surface area (Å²) in [6.07, 6.45) is 1.27. The molecule has 1 aliphatic carbocycles. The first-order valence-electron chi connectivity index (χ1n) is 6.06. The van der Waals surface area contributed by atoms with Crippen molar-refractivity contribution in [3.8, 4) is 0 Å². The van der Waals surface area contributed by atoms with E-state index in [1.807, 2.05) is 7.05 Å². The van der Waals surface area contributed by atoms with Crippen LogP contribution < -0.4 is 5.32 Å². The molecule has 16 heavy (non-hydrogen) atoms. The molecule has 1 aromatic heterocycles. The van der Waals surface area contributed by atoms with E-state index in [1.54, 1.807) is 5.56 Å². The zero-order valence-electron chi connectivity index (χ0n) is 9.88. The van der Waals surface area contributed by atoms with Crippen molar-refractivity contribution in [2.24, 2.45) is 0 Å². The van der Waals surface area contributed by atoms with Crippen molar-refractivity contribution in [1.82, 2.24) is 10.3 Å². The molecule has 0 fully saturated rings. The number of fused-ring (bicyclic) bond motifs is 3. The summed E-state index contributed by atoms with van der Waals surface area (Å²) in [6.45, 7) is 3.42. The third kappa shape index (κ3) is 1.30. The van der Waals surface area contributed by atoms with Gasteiger partial charge in [0, 0.05) is 29.1 Å². The zero-order valence-corrected chi connectivity index (χ0v) is 9.88. The van der Waals surface area contributed by atoms with E-state index >= 15 is 0 Å². The lowest BCUT2D eigenvalue weighted by Crippen LogP contribution is -2.15. The summed E-state index contributed by atoms with van der Waals surface area (Å²) in [4.78, 5) is 3.60. The Labute approximate surface area is 96.1 Å². The fourth-order valence-electron chi connectivity index (χ4n) is 3.13. The number of benzene rings is 1. The number of rotatable bonds is 2. The zero-order chi connectivity index (χ0) is 11.1. The van der Waals surface area contributed by atoms with Crippen LogP contribution in [0.4, 0.5) is 0 Å². The van der Waals surface area contributed by atoms with E-state index in [4.69, 9.17) is 0 Å². The number of H-pyrrole nitrogens is 1. The molecule has 0 amide bonds. The predicted octanol–water partition coefficient (Wildman–Crippen LogP) is 2.98. The fourth-order valence-corrected chi connectivity index (χ4v) is 3.13. The van der Waals surface area contributed by atoms with Crippen molar-refractivity contribution in [2.45, 2.75) is 25.2 Å². The highest BCUT2D eigenvalue weighted by Crippen LogP contribution is 2.44. The van der Waals surface area contributed by atoms with Crippen LogP contribution in [0.2, 0.25) is 0 Å². The van der Waals surface area contributed by atoms with Crippen molar-refractivity contribution in [3.05, 3.63) is 35.5 Å². The third-order valence-electron chi connectivity index (χ3n) is 3.77. The van der Waals surface area contributed by atoms with Gasteiger partial charge in [-0.15, -0.1) is 0 Å². The maximum absolute atomic E-state index is 3.60. The molecule has 0 saturated heterocycles. The highest BCUT2D eigenvalue weighted by Gasteiger charge is 2.31. The van der Waals surface area contributed by atoms with E-state index in [1.165, 1.54) is 23.0 Å². The summed E-state index contributed by atoms with van der Waals surface area (Å²) in [5, 5.41) is 4.72. The van der Waals surface area contributed by atoms with Crippen LogP contribution in [-0.4, -0.2) is 18.6 Å². The number of likely N-dealkylation sites (N-methyl/N-ethyl adjacent to an activating group) is 1. The average Bonchev–Trinajstić information content (AvgIpc) is 2.79. The monoisotopic (exact) mass is 214 g/mol. The lowest BCUT2D eigenvalue weighted by atomic mass is 10.0. The molecule has 0 spiro atoms. The van der Waals surface area contributed by atoms with E-state index in [-0.39, 0.29) is 0 Å². The second-order valence-electron chi connectivity index (χ2n) is 4.89. The average molecular weight is 214 g/mol. The lowest BCUT2D eigenvalue weighted by Gasteiger charge is -2.09. The largest absolute Gasteiger partial charge is 0.358 e. The molecule has 2 aromatic rings. The number of hydrogen-bond acceptors (Lipinski definition) is 1. The van der Waals surface area contributed by atoms with Gasteiger partial charge in [-0.3, -0.25) is 0 Å². The Balaban J connectivity index is 2.17. The van der Waals surface area contributed by atoms with Crippen LogP contribution in [0.5, 0.6) is 0 Å². The van der Waals surface area contributed by atoms with Gasteiger partial charge >= 0.3 is 0 Å². The van der Waals surface area contributed by atoms with Gasteiger partial charge in [-0.05, 0) is 31.0 Å². The summed E-state index contributed by atoms with van der Waals surface area (Å²) in [5.41, 5.74) is 4.30. The van der Waals surface area contributed by atoms with Crippen LogP contribution in [0.15, 0.2) is 24.3 Å². The summed E-state index contributed by atoms with van der Waals surface area (Å²) in [5.74, 6) is 1.34. The van der Waals surface area contributed by atoms with E-state index in [0.717, 1.165) is 6.54 Å². The highest BCUT2D eigenvalue weighted by atomic mass is 14.8. The summed E-state index contributed by atoms with van der Waals surface area (Å²) < 4.78 is 0. The van der Waals surface area contributed by atoms with E-state index in [2.05, 4.69) is 41.5 Å². The van der Waals surface area contributed by atoms with Crippen LogP contribution in [0.25, 0.3) is 10.9 Å². The first-order valence-corrected chi connectivity index (χ1v) is 6.06. The summed E-state index contributed by atoms with van der Waals surface area (Å²) in [6, 6.07) is 8.65.